The smallest absolute Gasteiger partial charge is 0.324 e. The van der Waals surface area contributed by atoms with Gasteiger partial charge in [-0.3, -0.25) is 9.69 Å². The number of nitrogens with zero attached hydrogens (tertiary/aromatic N) is 1. The topological polar surface area (TPSA) is 75.4 Å². The Morgan fingerprint density at radius 2 is 2.00 bits per heavy atom. The lowest BCUT2D eigenvalue weighted by Crippen LogP contribution is -2.37. The van der Waals surface area contributed by atoms with Crippen LogP contribution in [-0.4, -0.2) is 29.9 Å². The molecular formula is C12H15N3O2. The first-order valence-corrected chi connectivity index (χ1v) is 5.48. The minimum absolute atomic E-state index is 0.0689. The van der Waals surface area contributed by atoms with E-state index in [0.717, 1.165) is 16.0 Å². The molecule has 1 aromatic rings. The van der Waals surface area contributed by atoms with Gasteiger partial charge in [-0.05, 0) is 12.5 Å². The highest BCUT2D eigenvalue weighted by Gasteiger charge is 2.29. The number of carbonyl (C=O) groups is 2. The molecule has 1 aliphatic heterocycles. The number of carbonyl (C=O) groups excluding carboxylic acids is 2. The van der Waals surface area contributed by atoms with Gasteiger partial charge in [0.2, 0.25) is 5.91 Å². The number of urea groups is 1. The molecule has 1 saturated heterocycles. The molecule has 1 aromatic carbocycles. The Labute approximate surface area is 99.6 Å². The summed E-state index contributed by atoms with van der Waals surface area (Å²) in [7, 11) is 0. The Morgan fingerprint density at radius 1 is 1.35 bits per heavy atom. The van der Waals surface area contributed by atoms with Crippen LogP contribution in [0.25, 0.3) is 0 Å². The minimum atomic E-state index is -0.363. The highest BCUT2D eigenvalue weighted by atomic mass is 16.2. The van der Waals surface area contributed by atoms with Crippen LogP contribution < -0.4 is 11.1 Å². The second-order valence-corrected chi connectivity index (χ2v) is 4.18. The summed E-state index contributed by atoms with van der Waals surface area (Å²) >= 11 is 0. The zero-order valence-corrected chi connectivity index (χ0v) is 9.64. The van der Waals surface area contributed by atoms with Gasteiger partial charge in [0.05, 0.1) is 6.54 Å². The summed E-state index contributed by atoms with van der Waals surface area (Å²) in [5.41, 5.74) is 8.04. The number of imide groups is 1. The van der Waals surface area contributed by atoms with Gasteiger partial charge in [-0.25, -0.2) is 4.79 Å². The van der Waals surface area contributed by atoms with Crippen LogP contribution in [0.15, 0.2) is 24.3 Å². The van der Waals surface area contributed by atoms with Crippen molar-refractivity contribution in [2.24, 2.45) is 5.73 Å². The number of amides is 3. The molecule has 0 bridgehead atoms. The summed E-state index contributed by atoms with van der Waals surface area (Å²) in [5.74, 6) is -0.224. The van der Waals surface area contributed by atoms with E-state index in [9.17, 15) is 9.59 Å². The summed E-state index contributed by atoms with van der Waals surface area (Å²) in [6.07, 6.45) is 0. The van der Waals surface area contributed by atoms with Crippen molar-refractivity contribution in [3.8, 4) is 0 Å². The van der Waals surface area contributed by atoms with Gasteiger partial charge >= 0.3 is 6.03 Å². The maximum absolute atomic E-state index is 11.4. The SMILES string of the molecule is Cc1ccc(C(N)CN2C(=O)CNC2=O)cc1. The van der Waals surface area contributed by atoms with Crippen molar-refractivity contribution in [3.63, 3.8) is 0 Å². The number of benzene rings is 1. The molecule has 1 fully saturated rings. The van der Waals surface area contributed by atoms with E-state index in [2.05, 4.69) is 5.32 Å². The molecule has 0 radical (unpaired) electrons. The van der Waals surface area contributed by atoms with E-state index < -0.39 is 0 Å². The Hall–Kier alpha value is -1.88. The van der Waals surface area contributed by atoms with E-state index >= 15 is 0 Å². The lowest BCUT2D eigenvalue weighted by molar-refractivity contribution is -0.125. The fourth-order valence-electron chi connectivity index (χ4n) is 1.76. The van der Waals surface area contributed by atoms with Crippen LogP contribution in [0.4, 0.5) is 4.79 Å². The van der Waals surface area contributed by atoms with Crippen molar-refractivity contribution < 1.29 is 9.59 Å². The first kappa shape index (κ1) is 11.6. The number of hydrogen-bond donors (Lipinski definition) is 2. The molecule has 5 nitrogen and oxygen atoms in total. The van der Waals surface area contributed by atoms with Crippen molar-refractivity contribution in [2.75, 3.05) is 13.1 Å². The van der Waals surface area contributed by atoms with Gasteiger partial charge in [0, 0.05) is 12.6 Å². The molecule has 5 heteroatoms. The largest absolute Gasteiger partial charge is 0.329 e. The normalized spacial score (nSPS) is 17.2. The van der Waals surface area contributed by atoms with Gasteiger partial charge < -0.3 is 11.1 Å². The lowest BCUT2D eigenvalue weighted by Gasteiger charge is -2.18. The summed E-state index contributed by atoms with van der Waals surface area (Å²) in [6.45, 7) is 2.28. The first-order chi connectivity index (χ1) is 8.08. The van der Waals surface area contributed by atoms with Gasteiger partial charge in [0.15, 0.2) is 0 Å². The Morgan fingerprint density at radius 3 is 2.53 bits per heavy atom. The molecule has 0 spiro atoms. The zero-order chi connectivity index (χ0) is 12.4. The third-order valence-corrected chi connectivity index (χ3v) is 2.82. The Bertz CT molecular complexity index is 426. The highest BCUT2D eigenvalue weighted by Crippen LogP contribution is 2.14. The van der Waals surface area contributed by atoms with Crippen LogP contribution in [0, 0.1) is 6.92 Å². The van der Waals surface area contributed by atoms with Gasteiger partial charge in [0.25, 0.3) is 0 Å². The van der Waals surface area contributed by atoms with Gasteiger partial charge in [-0.2, -0.15) is 0 Å². The molecule has 1 aliphatic rings. The molecule has 0 aliphatic carbocycles. The van der Waals surface area contributed by atoms with Crippen LogP contribution >= 0.6 is 0 Å². The molecule has 1 atom stereocenters. The minimum Gasteiger partial charge on any atom is -0.329 e. The predicted octanol–water partition coefficient (Wildman–Crippen LogP) is 0.547. The molecule has 17 heavy (non-hydrogen) atoms. The third-order valence-electron chi connectivity index (χ3n) is 2.82. The Kier molecular flexibility index (Phi) is 3.10. The molecule has 1 unspecified atom stereocenters. The van der Waals surface area contributed by atoms with E-state index in [1.165, 1.54) is 0 Å². The number of aryl methyl sites for hydroxylation is 1. The summed E-state index contributed by atoms with van der Waals surface area (Å²) in [5, 5.41) is 2.47. The zero-order valence-electron chi connectivity index (χ0n) is 9.64. The van der Waals surface area contributed by atoms with Crippen LogP contribution in [0.5, 0.6) is 0 Å². The van der Waals surface area contributed by atoms with Crippen molar-refractivity contribution >= 4 is 11.9 Å². The monoisotopic (exact) mass is 233 g/mol. The van der Waals surface area contributed by atoms with Crippen LogP contribution in [0.1, 0.15) is 17.2 Å². The highest BCUT2D eigenvalue weighted by molar-refractivity contribution is 6.01. The van der Waals surface area contributed by atoms with Gasteiger partial charge in [-0.1, -0.05) is 29.8 Å². The molecule has 2 rings (SSSR count). The van der Waals surface area contributed by atoms with Crippen LogP contribution in [0.3, 0.4) is 0 Å². The first-order valence-electron chi connectivity index (χ1n) is 5.48. The fourth-order valence-corrected chi connectivity index (χ4v) is 1.76. The Balaban J connectivity index is 2.06. The van der Waals surface area contributed by atoms with Crippen molar-refractivity contribution in [3.05, 3.63) is 35.4 Å². The van der Waals surface area contributed by atoms with E-state index in [1.54, 1.807) is 0 Å². The van der Waals surface area contributed by atoms with Crippen molar-refractivity contribution in [1.29, 1.82) is 0 Å². The van der Waals surface area contributed by atoms with Crippen LogP contribution in [0.2, 0.25) is 0 Å². The van der Waals surface area contributed by atoms with E-state index in [0.29, 0.717) is 0 Å². The summed E-state index contributed by atoms with van der Waals surface area (Å²) in [4.78, 5) is 23.9. The average molecular weight is 233 g/mol. The average Bonchev–Trinajstić information content (AvgIpc) is 2.61. The second kappa shape index (κ2) is 4.55. The summed E-state index contributed by atoms with van der Waals surface area (Å²) < 4.78 is 0. The predicted molar refractivity (Wildman–Crippen MR) is 63.2 cm³/mol. The number of nitrogens with two attached hydrogens (primary N) is 1. The number of rotatable bonds is 3. The summed E-state index contributed by atoms with van der Waals surface area (Å²) in [6, 6.07) is 7.04. The molecule has 0 aromatic heterocycles. The molecule has 3 amide bonds. The van der Waals surface area contributed by atoms with Gasteiger partial charge in [-0.15, -0.1) is 0 Å². The second-order valence-electron chi connectivity index (χ2n) is 4.18. The molecule has 3 N–H and O–H groups in total. The fraction of sp³-hybridized carbons (Fsp3) is 0.333. The molecule has 1 heterocycles. The van der Waals surface area contributed by atoms with Gasteiger partial charge in [0.1, 0.15) is 0 Å². The molecule has 90 valence electrons. The maximum atomic E-state index is 11.4. The number of nitrogens with one attached hydrogen (secondary N) is 1. The van der Waals surface area contributed by atoms with E-state index in [1.807, 2.05) is 31.2 Å². The number of hydrogen-bond acceptors (Lipinski definition) is 3. The van der Waals surface area contributed by atoms with E-state index in [4.69, 9.17) is 5.73 Å². The molecular weight excluding hydrogens is 218 g/mol. The standard InChI is InChI=1S/C12H15N3O2/c1-8-2-4-9(5-3-8)10(13)7-15-11(16)6-14-12(15)17/h2-5,10H,6-7,13H2,1H3,(H,14,17). The van der Waals surface area contributed by atoms with Crippen molar-refractivity contribution in [1.82, 2.24) is 10.2 Å². The van der Waals surface area contributed by atoms with Crippen LogP contribution in [-0.2, 0) is 4.79 Å². The maximum Gasteiger partial charge on any atom is 0.324 e. The van der Waals surface area contributed by atoms with Crippen molar-refractivity contribution in [2.45, 2.75) is 13.0 Å². The quantitative estimate of drug-likeness (QED) is 0.748. The molecule has 0 saturated carbocycles. The lowest BCUT2D eigenvalue weighted by atomic mass is 10.1. The third kappa shape index (κ3) is 2.45. The van der Waals surface area contributed by atoms with E-state index in [-0.39, 0.29) is 31.1 Å².